The molecule has 0 spiro atoms. The SMILES string of the molecule is COC(=O)c1cc(C=C(CN)B2OC(C)(C)C(C)(C)O2)cc(N)c1C. The van der Waals surface area contributed by atoms with Crippen molar-refractivity contribution >= 4 is 24.9 Å². The molecular weight excluding hydrogens is 319 g/mol. The van der Waals surface area contributed by atoms with Gasteiger partial charge in [-0.05, 0) is 63.4 Å². The molecule has 1 heterocycles. The number of carbonyl (C=O) groups is 1. The van der Waals surface area contributed by atoms with E-state index in [0.717, 1.165) is 11.0 Å². The van der Waals surface area contributed by atoms with Crippen molar-refractivity contribution in [1.82, 2.24) is 0 Å². The van der Waals surface area contributed by atoms with Crippen LogP contribution in [0.25, 0.3) is 6.08 Å². The zero-order chi connectivity index (χ0) is 19.0. The van der Waals surface area contributed by atoms with Gasteiger partial charge in [0, 0.05) is 12.2 Å². The van der Waals surface area contributed by atoms with Gasteiger partial charge in [-0.25, -0.2) is 4.79 Å². The lowest BCUT2D eigenvalue weighted by Crippen LogP contribution is -2.41. The van der Waals surface area contributed by atoms with Crippen LogP contribution in [-0.4, -0.2) is 37.9 Å². The standard InChI is InChI=1S/C18H27BN2O4/c1-11-14(16(22)23-6)8-12(9-15(11)21)7-13(10-20)19-24-17(2,3)18(4,5)25-19/h7-9H,10,20-21H2,1-6H3. The first kappa shape index (κ1) is 19.5. The number of anilines is 1. The highest BCUT2D eigenvalue weighted by atomic mass is 16.7. The predicted molar refractivity (Wildman–Crippen MR) is 100 cm³/mol. The molecule has 0 amide bonds. The summed E-state index contributed by atoms with van der Waals surface area (Å²) in [5.74, 6) is -0.426. The summed E-state index contributed by atoms with van der Waals surface area (Å²) < 4.78 is 16.9. The summed E-state index contributed by atoms with van der Waals surface area (Å²) in [6.07, 6.45) is 1.85. The van der Waals surface area contributed by atoms with Crippen LogP contribution in [0.4, 0.5) is 5.69 Å². The summed E-state index contributed by atoms with van der Waals surface area (Å²) in [6.45, 7) is 9.99. The normalized spacial score (nSPS) is 19.2. The zero-order valence-electron chi connectivity index (χ0n) is 15.8. The Morgan fingerprint density at radius 2 is 1.80 bits per heavy atom. The lowest BCUT2D eigenvalue weighted by atomic mass is 9.77. The van der Waals surface area contributed by atoms with Gasteiger partial charge in [-0.3, -0.25) is 0 Å². The molecule has 2 rings (SSSR count). The Balaban J connectivity index is 2.41. The van der Waals surface area contributed by atoms with Gasteiger partial charge < -0.3 is 25.5 Å². The van der Waals surface area contributed by atoms with Gasteiger partial charge in [-0.15, -0.1) is 0 Å². The molecule has 0 aromatic heterocycles. The minimum Gasteiger partial charge on any atom is -0.465 e. The molecular formula is C18H27BN2O4. The molecule has 1 aromatic carbocycles. The van der Waals surface area contributed by atoms with E-state index in [4.69, 9.17) is 25.5 Å². The number of rotatable bonds is 4. The molecule has 136 valence electrons. The monoisotopic (exact) mass is 346 g/mol. The van der Waals surface area contributed by atoms with Crippen molar-refractivity contribution in [2.75, 3.05) is 19.4 Å². The van der Waals surface area contributed by atoms with E-state index in [1.165, 1.54) is 7.11 Å². The van der Waals surface area contributed by atoms with Gasteiger partial charge in [-0.2, -0.15) is 0 Å². The quantitative estimate of drug-likeness (QED) is 0.493. The Hall–Kier alpha value is -1.83. The molecule has 0 bridgehead atoms. The summed E-state index contributed by atoms with van der Waals surface area (Å²) in [5, 5.41) is 0. The molecule has 0 aliphatic carbocycles. The number of nitrogens with two attached hydrogens (primary N) is 2. The maximum Gasteiger partial charge on any atom is 0.491 e. The molecule has 0 saturated carbocycles. The molecule has 1 aromatic rings. The van der Waals surface area contributed by atoms with Crippen molar-refractivity contribution in [1.29, 1.82) is 0 Å². The summed E-state index contributed by atoms with van der Waals surface area (Å²) in [5.41, 5.74) is 14.2. The summed E-state index contributed by atoms with van der Waals surface area (Å²) >= 11 is 0. The molecule has 7 heteroatoms. The number of methoxy groups -OCH3 is 1. The van der Waals surface area contributed by atoms with E-state index in [-0.39, 0.29) is 6.54 Å². The number of ether oxygens (including phenoxy) is 1. The van der Waals surface area contributed by atoms with E-state index < -0.39 is 24.3 Å². The highest BCUT2D eigenvalue weighted by Gasteiger charge is 2.52. The van der Waals surface area contributed by atoms with E-state index in [1.54, 1.807) is 19.1 Å². The Labute approximate surface area is 149 Å². The molecule has 25 heavy (non-hydrogen) atoms. The smallest absolute Gasteiger partial charge is 0.465 e. The van der Waals surface area contributed by atoms with E-state index in [9.17, 15) is 4.79 Å². The Morgan fingerprint density at radius 3 is 2.28 bits per heavy atom. The molecule has 0 unspecified atom stereocenters. The molecule has 0 atom stereocenters. The minimum absolute atomic E-state index is 0.262. The second-order valence-electron chi connectivity index (χ2n) is 7.29. The molecule has 1 saturated heterocycles. The molecule has 1 fully saturated rings. The topological polar surface area (TPSA) is 96.8 Å². The van der Waals surface area contributed by atoms with Crippen molar-refractivity contribution in [2.45, 2.75) is 45.8 Å². The Kier molecular flexibility index (Phi) is 5.32. The lowest BCUT2D eigenvalue weighted by molar-refractivity contribution is 0.00578. The van der Waals surface area contributed by atoms with Gasteiger partial charge >= 0.3 is 13.1 Å². The van der Waals surface area contributed by atoms with Gasteiger partial charge in [0.1, 0.15) is 0 Å². The van der Waals surface area contributed by atoms with Crippen LogP contribution in [0.1, 0.15) is 49.2 Å². The first-order valence-corrected chi connectivity index (χ1v) is 8.27. The van der Waals surface area contributed by atoms with Crippen molar-refractivity contribution in [3.05, 3.63) is 34.3 Å². The van der Waals surface area contributed by atoms with E-state index in [0.29, 0.717) is 16.8 Å². The third kappa shape index (κ3) is 3.73. The van der Waals surface area contributed by atoms with Gasteiger partial charge in [0.25, 0.3) is 0 Å². The van der Waals surface area contributed by atoms with Gasteiger partial charge in [0.2, 0.25) is 0 Å². The molecule has 4 N–H and O–H groups in total. The lowest BCUT2D eigenvalue weighted by Gasteiger charge is -2.32. The third-order valence-corrected chi connectivity index (χ3v) is 5.02. The number of esters is 1. The van der Waals surface area contributed by atoms with Crippen molar-refractivity contribution in [3.63, 3.8) is 0 Å². The van der Waals surface area contributed by atoms with Gasteiger partial charge in [0.05, 0.1) is 23.9 Å². The fourth-order valence-electron chi connectivity index (χ4n) is 2.60. The molecule has 6 nitrogen and oxygen atoms in total. The maximum absolute atomic E-state index is 11.9. The Bertz CT molecular complexity index is 697. The van der Waals surface area contributed by atoms with E-state index in [1.807, 2.05) is 33.8 Å². The van der Waals surface area contributed by atoms with Crippen LogP contribution in [-0.2, 0) is 14.0 Å². The van der Waals surface area contributed by atoms with Crippen LogP contribution in [0.5, 0.6) is 0 Å². The van der Waals surface area contributed by atoms with Crippen molar-refractivity contribution in [3.8, 4) is 0 Å². The van der Waals surface area contributed by atoms with Gasteiger partial charge in [0.15, 0.2) is 0 Å². The van der Waals surface area contributed by atoms with Crippen LogP contribution in [0, 0.1) is 6.92 Å². The first-order chi connectivity index (χ1) is 11.5. The number of benzene rings is 1. The fourth-order valence-corrected chi connectivity index (χ4v) is 2.60. The highest BCUT2D eigenvalue weighted by molar-refractivity contribution is 6.55. The number of nitrogen functional groups attached to an aromatic ring is 1. The van der Waals surface area contributed by atoms with E-state index in [2.05, 4.69) is 0 Å². The van der Waals surface area contributed by atoms with Crippen LogP contribution in [0.15, 0.2) is 17.6 Å². The van der Waals surface area contributed by atoms with Crippen molar-refractivity contribution in [2.24, 2.45) is 5.73 Å². The average molecular weight is 346 g/mol. The molecule has 1 aliphatic rings. The van der Waals surface area contributed by atoms with Gasteiger partial charge in [-0.1, -0.05) is 6.08 Å². The van der Waals surface area contributed by atoms with Crippen LogP contribution >= 0.6 is 0 Å². The highest BCUT2D eigenvalue weighted by Crippen LogP contribution is 2.38. The zero-order valence-corrected chi connectivity index (χ0v) is 15.8. The van der Waals surface area contributed by atoms with Crippen LogP contribution in [0.3, 0.4) is 0 Å². The largest absolute Gasteiger partial charge is 0.491 e. The van der Waals surface area contributed by atoms with E-state index >= 15 is 0 Å². The second-order valence-corrected chi connectivity index (χ2v) is 7.29. The summed E-state index contributed by atoms with van der Waals surface area (Å²) in [4.78, 5) is 11.9. The number of hydrogen-bond acceptors (Lipinski definition) is 6. The summed E-state index contributed by atoms with van der Waals surface area (Å²) in [6, 6.07) is 3.53. The maximum atomic E-state index is 11.9. The predicted octanol–water partition coefficient (Wildman–Crippen LogP) is 2.34. The minimum atomic E-state index is -0.542. The van der Waals surface area contributed by atoms with Crippen LogP contribution in [0.2, 0.25) is 0 Å². The molecule has 0 radical (unpaired) electrons. The summed E-state index contributed by atoms with van der Waals surface area (Å²) in [7, 11) is 0.801. The third-order valence-electron chi connectivity index (χ3n) is 5.02. The fraction of sp³-hybridized carbons (Fsp3) is 0.500. The number of hydrogen-bond donors (Lipinski definition) is 2. The molecule has 1 aliphatic heterocycles. The number of carbonyl (C=O) groups excluding carboxylic acids is 1. The van der Waals surface area contributed by atoms with Crippen molar-refractivity contribution < 1.29 is 18.8 Å². The van der Waals surface area contributed by atoms with Crippen LogP contribution < -0.4 is 11.5 Å². The second kappa shape index (κ2) is 6.82. The average Bonchev–Trinajstić information content (AvgIpc) is 2.75. The first-order valence-electron chi connectivity index (χ1n) is 8.27. The Morgan fingerprint density at radius 1 is 1.24 bits per heavy atom.